The molecule has 3 aliphatic rings. The number of hydrogen-bond acceptors (Lipinski definition) is 11. The number of morpholine rings is 1. The van der Waals surface area contributed by atoms with Gasteiger partial charge in [0.05, 0.1) is 35.9 Å². The summed E-state index contributed by atoms with van der Waals surface area (Å²) in [5.41, 5.74) is 0.424. The van der Waals surface area contributed by atoms with Gasteiger partial charge in [-0.25, -0.2) is 4.79 Å². The number of piperidine rings is 1. The van der Waals surface area contributed by atoms with Crippen molar-refractivity contribution >= 4 is 52.3 Å². The van der Waals surface area contributed by atoms with Crippen LogP contribution < -0.4 is 21.1 Å². The number of likely N-dealkylation sites (N-methyl/N-ethyl adjacent to an activating group) is 1. The van der Waals surface area contributed by atoms with E-state index in [9.17, 15) is 29.7 Å². The van der Waals surface area contributed by atoms with Crippen molar-refractivity contribution in [2.24, 2.45) is 0 Å². The van der Waals surface area contributed by atoms with Crippen molar-refractivity contribution in [3.63, 3.8) is 0 Å². The number of epoxide rings is 1. The van der Waals surface area contributed by atoms with Crippen LogP contribution >= 0.6 is 22.7 Å². The molecule has 2 aromatic carbocycles. The van der Waals surface area contributed by atoms with Gasteiger partial charge in [-0.15, -0.1) is 22.7 Å². The summed E-state index contributed by atoms with van der Waals surface area (Å²) in [7, 11) is 2.17. The van der Waals surface area contributed by atoms with Gasteiger partial charge in [0.1, 0.15) is 30.4 Å². The van der Waals surface area contributed by atoms with Crippen LogP contribution in [0.5, 0.6) is 5.75 Å². The summed E-state index contributed by atoms with van der Waals surface area (Å²) in [4.78, 5) is 38.5. The zero-order valence-electron chi connectivity index (χ0n) is 27.9. The number of aliphatic hydroxyl groups is 2. The van der Waals surface area contributed by atoms with Crippen LogP contribution in [-0.4, -0.2) is 83.5 Å². The number of esters is 1. The van der Waals surface area contributed by atoms with E-state index >= 15 is 0 Å². The number of rotatable bonds is 15. The van der Waals surface area contributed by atoms with E-state index in [1.165, 1.54) is 40.9 Å². The fraction of sp³-hybridized carbons (Fsp3) is 0.378. The standard InChI is InChI=1S/C37H40N4O8S2/c1-41(13-12-33(45)40-24-9-6-22(7-10-24)19-38-20-30(44)23-8-11-29(43)26(16-23)39-21-42)27-17-25(18-28(41)35-34(27)49-35)48-36(46)37(47,31-4-2-14-50-31)32-5-3-15-51-32/h2-11,14-16,21,25,27-28,30,34-35,38,44,47H,12-13,17-20H2,1H3,(H2-,39,40,42,43,45)/t25?,27?,28?,30-,34?,35?,41?/m0/s1. The van der Waals surface area contributed by atoms with E-state index in [4.69, 9.17) is 9.47 Å². The van der Waals surface area contributed by atoms with Crippen LogP contribution in [0.25, 0.3) is 0 Å². The van der Waals surface area contributed by atoms with E-state index in [-0.39, 0.29) is 54.3 Å². The topological polar surface area (TPSA) is 173 Å². The molecule has 2 aromatic heterocycles. The minimum absolute atomic E-state index is 0.0813. The van der Waals surface area contributed by atoms with Crippen LogP contribution in [0.1, 0.15) is 46.2 Å². The van der Waals surface area contributed by atoms with E-state index in [1.54, 1.807) is 12.1 Å². The normalized spacial score (nSPS) is 25.4. The third-order valence-corrected chi connectivity index (χ3v) is 12.5. The molecule has 0 spiro atoms. The van der Waals surface area contributed by atoms with Gasteiger partial charge in [-0.1, -0.05) is 42.1 Å². The minimum Gasteiger partial charge on any atom is -0.871 e. The lowest BCUT2D eigenvalue weighted by Gasteiger charge is -2.48. The molecule has 12 nitrogen and oxygen atoms in total. The lowest BCUT2D eigenvalue weighted by atomic mass is 9.94. The number of amides is 2. The van der Waals surface area contributed by atoms with Crippen molar-refractivity contribution in [2.75, 3.05) is 30.8 Å². The van der Waals surface area contributed by atoms with Gasteiger partial charge in [-0.2, -0.15) is 0 Å². The van der Waals surface area contributed by atoms with Crippen molar-refractivity contribution in [3.05, 3.63) is 98.4 Å². The number of thiophene rings is 2. The summed E-state index contributed by atoms with van der Waals surface area (Å²) < 4.78 is 12.8. The van der Waals surface area contributed by atoms with Crippen LogP contribution in [0.3, 0.4) is 0 Å². The Morgan fingerprint density at radius 2 is 1.73 bits per heavy atom. The van der Waals surface area contributed by atoms with Gasteiger partial charge >= 0.3 is 5.97 Å². The van der Waals surface area contributed by atoms with Crippen molar-refractivity contribution in [3.8, 4) is 5.75 Å². The van der Waals surface area contributed by atoms with E-state index in [0.29, 0.717) is 64.3 Å². The molecule has 3 saturated heterocycles. The molecule has 51 heavy (non-hydrogen) atoms. The molecule has 7 rings (SSSR count). The van der Waals surface area contributed by atoms with Crippen LogP contribution in [0.4, 0.5) is 11.4 Å². The van der Waals surface area contributed by atoms with Crippen LogP contribution in [-0.2, 0) is 36.0 Å². The molecular formula is C37H40N4O8S2. The molecule has 2 bridgehead atoms. The second-order valence-corrected chi connectivity index (χ2v) is 15.5. The zero-order valence-corrected chi connectivity index (χ0v) is 29.5. The molecule has 5 heterocycles. The van der Waals surface area contributed by atoms with Crippen molar-refractivity contribution in [1.82, 2.24) is 5.32 Å². The average Bonchev–Trinajstić information content (AvgIpc) is 3.41. The van der Waals surface area contributed by atoms with E-state index in [2.05, 4.69) is 23.0 Å². The monoisotopic (exact) mass is 732 g/mol. The number of hydrogen-bond donors (Lipinski definition) is 5. The maximum absolute atomic E-state index is 13.6. The number of quaternary nitrogens is 1. The number of aliphatic hydroxyl groups excluding tert-OH is 1. The summed E-state index contributed by atoms with van der Waals surface area (Å²) in [6.45, 7) is 1.34. The van der Waals surface area contributed by atoms with E-state index < -0.39 is 17.7 Å². The Balaban J connectivity index is 0.890. The van der Waals surface area contributed by atoms with Gasteiger partial charge in [0.2, 0.25) is 17.9 Å². The summed E-state index contributed by atoms with van der Waals surface area (Å²) >= 11 is 2.64. The number of carbonyl (C=O) groups excluding carboxylic acids is 3. The highest BCUT2D eigenvalue weighted by molar-refractivity contribution is 7.12. The molecule has 0 aliphatic carbocycles. The molecule has 2 amide bonds. The molecule has 4 aromatic rings. The summed E-state index contributed by atoms with van der Waals surface area (Å²) in [6.07, 6.45) is 0.887. The average molecular weight is 733 g/mol. The van der Waals surface area contributed by atoms with Gasteiger partial charge in [0.15, 0.2) is 0 Å². The fourth-order valence-electron chi connectivity index (χ4n) is 7.69. The van der Waals surface area contributed by atoms with Crippen molar-refractivity contribution in [2.45, 2.75) is 67.9 Å². The highest BCUT2D eigenvalue weighted by Crippen LogP contribution is 2.53. The molecule has 5 N–H and O–H groups in total. The van der Waals surface area contributed by atoms with Gasteiger partial charge in [-0.05, 0) is 52.2 Å². The third-order valence-electron chi connectivity index (χ3n) is 10.5. The Bertz CT molecular complexity index is 1800. The zero-order chi connectivity index (χ0) is 35.8. The van der Waals surface area contributed by atoms with Crippen LogP contribution in [0, 0.1) is 0 Å². The van der Waals surface area contributed by atoms with E-state index in [1.807, 2.05) is 47.2 Å². The molecule has 3 fully saturated rings. The molecule has 5 atom stereocenters. The van der Waals surface area contributed by atoms with Gasteiger partial charge in [0.25, 0.3) is 0 Å². The summed E-state index contributed by atoms with van der Waals surface area (Å²) in [6, 6.07) is 19.1. The third kappa shape index (κ3) is 7.05. The van der Waals surface area contributed by atoms with Gasteiger partial charge in [0, 0.05) is 37.3 Å². The first kappa shape index (κ1) is 35.3. The number of nitrogens with one attached hydrogen (secondary N) is 3. The van der Waals surface area contributed by atoms with Crippen LogP contribution in [0.2, 0.25) is 0 Å². The van der Waals surface area contributed by atoms with Gasteiger partial charge < -0.3 is 45.2 Å². The number of ether oxygens (including phenoxy) is 2. The number of anilines is 2. The second kappa shape index (κ2) is 14.5. The molecule has 268 valence electrons. The highest BCUT2D eigenvalue weighted by atomic mass is 32.1. The number of fused-ring (bicyclic) bond motifs is 5. The van der Waals surface area contributed by atoms with Crippen molar-refractivity contribution in [1.29, 1.82) is 0 Å². The van der Waals surface area contributed by atoms with Crippen molar-refractivity contribution < 1.29 is 43.7 Å². The Hall–Kier alpha value is -4.15. The van der Waals surface area contributed by atoms with Gasteiger partial charge in [-0.3, -0.25) is 9.59 Å². The maximum Gasteiger partial charge on any atom is 0.349 e. The smallest absolute Gasteiger partial charge is 0.349 e. The maximum atomic E-state index is 13.6. The molecule has 0 radical (unpaired) electrons. The van der Waals surface area contributed by atoms with Crippen LogP contribution in [0.15, 0.2) is 77.5 Å². The first-order chi connectivity index (χ1) is 24.6. The molecule has 0 saturated carbocycles. The predicted octanol–water partition coefficient (Wildman–Crippen LogP) is 3.21. The second-order valence-electron chi connectivity index (χ2n) is 13.6. The lowest BCUT2D eigenvalue weighted by molar-refractivity contribution is -0.955. The summed E-state index contributed by atoms with van der Waals surface area (Å²) in [5, 5.41) is 46.2. The lowest BCUT2D eigenvalue weighted by Crippen LogP contribution is -2.63. The number of benzene rings is 2. The molecule has 14 heteroatoms. The van der Waals surface area contributed by atoms with E-state index in [0.717, 1.165) is 5.56 Å². The minimum atomic E-state index is -1.85. The fourth-order valence-corrected chi connectivity index (χ4v) is 9.40. The summed E-state index contributed by atoms with van der Waals surface area (Å²) in [5.74, 6) is -1.07. The SMILES string of the molecule is C[N+]1(CCC(=O)Nc2ccc(CNC[C@H](O)c3ccc([O-])c(NC=O)c3)cc2)C2CC(OC(=O)C(O)(c3cccs3)c3cccs3)CC1C1OC12. The molecular weight excluding hydrogens is 693 g/mol. The largest absolute Gasteiger partial charge is 0.871 e. The molecule has 3 aliphatic heterocycles. The Labute approximate surface area is 303 Å². The Kier molecular flexibility index (Phi) is 10.0. The Morgan fingerprint density at radius 3 is 2.33 bits per heavy atom. The number of carbonyl (C=O) groups is 3. The number of nitrogens with zero attached hydrogens (tertiary/aromatic N) is 1. The molecule has 4 unspecified atom stereocenters. The predicted molar refractivity (Wildman–Crippen MR) is 190 cm³/mol. The highest BCUT2D eigenvalue weighted by Gasteiger charge is 2.72. The first-order valence-electron chi connectivity index (χ1n) is 16.9. The Morgan fingerprint density at radius 1 is 1.06 bits per heavy atom. The quantitative estimate of drug-likeness (QED) is 0.0533. The first-order valence-corrected chi connectivity index (χ1v) is 18.7.